The monoisotopic (exact) mass is 296 g/mol. The van der Waals surface area contributed by atoms with E-state index in [2.05, 4.69) is 19.2 Å². The van der Waals surface area contributed by atoms with E-state index in [4.69, 9.17) is 0 Å². The zero-order valence-electron chi connectivity index (χ0n) is 12.5. The smallest absolute Gasteiger partial charge is 0.242 e. The summed E-state index contributed by atoms with van der Waals surface area (Å²) in [5.41, 5.74) is 0.962. The maximum Gasteiger partial charge on any atom is 0.242 e. The van der Waals surface area contributed by atoms with Crippen molar-refractivity contribution in [2.24, 2.45) is 11.8 Å². The van der Waals surface area contributed by atoms with Gasteiger partial charge < -0.3 is 5.32 Å². The molecule has 1 fully saturated rings. The lowest BCUT2D eigenvalue weighted by Crippen LogP contribution is -2.29. The lowest BCUT2D eigenvalue weighted by atomic mass is 10.3. The number of nitrogens with one attached hydrogen (secondary N) is 1. The highest BCUT2D eigenvalue weighted by molar-refractivity contribution is 7.89. The lowest BCUT2D eigenvalue weighted by molar-refractivity contribution is 0.444. The molecule has 0 spiro atoms. The Kier molecular flexibility index (Phi) is 4.70. The Labute approximate surface area is 122 Å². The second-order valence-corrected chi connectivity index (χ2v) is 7.75. The van der Waals surface area contributed by atoms with Crippen molar-refractivity contribution < 1.29 is 8.42 Å². The summed E-state index contributed by atoms with van der Waals surface area (Å²) in [4.78, 5) is 0.371. The number of hydrogen-bond donors (Lipinski definition) is 1. The molecule has 2 atom stereocenters. The molecule has 1 aliphatic carbocycles. The van der Waals surface area contributed by atoms with Crippen LogP contribution in [0, 0.1) is 11.8 Å². The van der Waals surface area contributed by atoms with Crippen LogP contribution < -0.4 is 5.32 Å². The van der Waals surface area contributed by atoms with Crippen molar-refractivity contribution in [3.63, 3.8) is 0 Å². The van der Waals surface area contributed by atoms with Crippen molar-refractivity contribution in [2.75, 3.05) is 25.5 Å². The van der Waals surface area contributed by atoms with Crippen LogP contribution in [0.2, 0.25) is 0 Å². The molecule has 2 unspecified atom stereocenters. The van der Waals surface area contributed by atoms with Gasteiger partial charge in [0, 0.05) is 25.8 Å². The number of nitrogens with zero attached hydrogens (tertiary/aromatic N) is 1. The molecule has 1 saturated carbocycles. The van der Waals surface area contributed by atoms with Crippen LogP contribution in [0.15, 0.2) is 29.2 Å². The van der Waals surface area contributed by atoms with Gasteiger partial charge in [-0.15, -0.1) is 0 Å². The normalized spacial score (nSPS) is 22.0. The van der Waals surface area contributed by atoms with Gasteiger partial charge in [-0.3, -0.25) is 0 Å². The molecule has 0 aromatic heterocycles. The van der Waals surface area contributed by atoms with Crippen LogP contribution >= 0.6 is 0 Å². The predicted molar refractivity (Wildman–Crippen MR) is 82.3 cm³/mol. The van der Waals surface area contributed by atoms with Crippen LogP contribution in [-0.2, 0) is 10.0 Å². The van der Waals surface area contributed by atoms with Crippen molar-refractivity contribution in [1.82, 2.24) is 4.31 Å². The van der Waals surface area contributed by atoms with Crippen molar-refractivity contribution in [2.45, 2.75) is 31.6 Å². The molecular weight excluding hydrogens is 272 g/mol. The summed E-state index contributed by atoms with van der Waals surface area (Å²) in [6.07, 6.45) is 2.18. The number of sulfonamides is 1. The molecule has 20 heavy (non-hydrogen) atoms. The van der Waals surface area contributed by atoms with Gasteiger partial charge in [-0.2, -0.15) is 0 Å². The molecule has 4 nitrogen and oxygen atoms in total. The van der Waals surface area contributed by atoms with Gasteiger partial charge in [0.1, 0.15) is 0 Å². The van der Waals surface area contributed by atoms with Crippen LogP contribution in [0.5, 0.6) is 0 Å². The number of anilines is 1. The van der Waals surface area contributed by atoms with Gasteiger partial charge in [-0.25, -0.2) is 12.7 Å². The number of hydrogen-bond acceptors (Lipinski definition) is 3. The third kappa shape index (κ3) is 3.52. The van der Waals surface area contributed by atoms with Gasteiger partial charge in [0.25, 0.3) is 0 Å². The second-order valence-electron chi connectivity index (χ2n) is 5.71. The molecule has 2 rings (SSSR count). The maximum atomic E-state index is 12.4. The van der Waals surface area contributed by atoms with Gasteiger partial charge in [-0.1, -0.05) is 13.8 Å². The Bertz CT molecular complexity index is 539. The van der Waals surface area contributed by atoms with E-state index in [1.54, 1.807) is 19.2 Å². The number of rotatable bonds is 7. The average molecular weight is 296 g/mol. The van der Waals surface area contributed by atoms with Crippen LogP contribution in [0.25, 0.3) is 0 Å². The quantitative estimate of drug-likeness (QED) is 0.841. The minimum Gasteiger partial charge on any atom is -0.385 e. The molecule has 0 radical (unpaired) electrons. The van der Waals surface area contributed by atoms with Crippen LogP contribution in [0.3, 0.4) is 0 Å². The molecule has 1 aromatic carbocycles. The van der Waals surface area contributed by atoms with Gasteiger partial charge in [0.05, 0.1) is 4.90 Å². The van der Waals surface area contributed by atoms with Crippen molar-refractivity contribution in [3.05, 3.63) is 24.3 Å². The first-order chi connectivity index (χ1) is 9.45. The first kappa shape index (κ1) is 15.3. The third-order valence-electron chi connectivity index (χ3n) is 3.91. The topological polar surface area (TPSA) is 49.4 Å². The predicted octanol–water partition coefficient (Wildman–Crippen LogP) is 2.79. The molecule has 1 N–H and O–H groups in total. The van der Waals surface area contributed by atoms with E-state index in [0.717, 1.165) is 25.1 Å². The Hall–Kier alpha value is -1.07. The van der Waals surface area contributed by atoms with Crippen molar-refractivity contribution in [1.29, 1.82) is 0 Å². The Morgan fingerprint density at radius 3 is 2.40 bits per heavy atom. The molecule has 1 aliphatic rings. The minimum absolute atomic E-state index is 0.371. The summed E-state index contributed by atoms with van der Waals surface area (Å²) in [5.74, 6) is 1.19. The van der Waals surface area contributed by atoms with E-state index in [1.807, 2.05) is 12.1 Å². The van der Waals surface area contributed by atoms with Gasteiger partial charge in [0.15, 0.2) is 0 Å². The highest BCUT2D eigenvalue weighted by Gasteiger charge is 2.36. The Balaban J connectivity index is 2.04. The van der Waals surface area contributed by atoms with Crippen LogP contribution in [-0.4, -0.2) is 32.9 Å². The summed E-state index contributed by atoms with van der Waals surface area (Å²) in [7, 11) is -1.68. The van der Waals surface area contributed by atoms with E-state index in [9.17, 15) is 8.42 Å². The summed E-state index contributed by atoms with van der Waals surface area (Å²) in [5, 5.41) is 3.24. The highest BCUT2D eigenvalue weighted by Crippen LogP contribution is 2.38. The standard InChI is InChI=1S/C15H24N2O2S/c1-4-9-16-14-5-7-15(8-6-14)20(18,19)17(3)11-13-10-12(13)2/h5-8,12-13,16H,4,9-11H2,1-3H3. The second kappa shape index (κ2) is 6.14. The summed E-state index contributed by atoms with van der Waals surface area (Å²) in [6.45, 7) is 5.78. The summed E-state index contributed by atoms with van der Waals surface area (Å²) >= 11 is 0. The van der Waals surface area contributed by atoms with E-state index in [1.165, 1.54) is 4.31 Å². The van der Waals surface area contributed by atoms with Crippen LogP contribution in [0.4, 0.5) is 5.69 Å². The Morgan fingerprint density at radius 1 is 1.30 bits per heavy atom. The minimum atomic E-state index is -3.35. The fourth-order valence-corrected chi connectivity index (χ4v) is 3.50. The molecule has 0 aliphatic heterocycles. The first-order valence-corrected chi connectivity index (χ1v) is 8.69. The zero-order chi connectivity index (χ0) is 14.8. The lowest BCUT2D eigenvalue weighted by Gasteiger charge is -2.17. The van der Waals surface area contributed by atoms with E-state index < -0.39 is 10.0 Å². The van der Waals surface area contributed by atoms with Crippen molar-refractivity contribution in [3.8, 4) is 0 Å². The van der Waals surface area contributed by atoms with Gasteiger partial charge >= 0.3 is 0 Å². The number of benzene rings is 1. The molecule has 1 aromatic rings. The van der Waals surface area contributed by atoms with E-state index >= 15 is 0 Å². The van der Waals surface area contributed by atoms with Crippen LogP contribution in [0.1, 0.15) is 26.7 Å². The molecule has 112 valence electrons. The third-order valence-corrected chi connectivity index (χ3v) is 5.75. The largest absolute Gasteiger partial charge is 0.385 e. The van der Waals surface area contributed by atoms with Crippen molar-refractivity contribution >= 4 is 15.7 Å². The maximum absolute atomic E-state index is 12.4. The Morgan fingerprint density at radius 2 is 1.90 bits per heavy atom. The fourth-order valence-electron chi connectivity index (χ4n) is 2.28. The average Bonchev–Trinajstić information content (AvgIpc) is 3.12. The SMILES string of the molecule is CCCNc1ccc(S(=O)(=O)N(C)CC2CC2C)cc1. The molecule has 0 amide bonds. The molecule has 5 heteroatoms. The van der Waals surface area contributed by atoms with Gasteiger partial charge in [-0.05, 0) is 48.9 Å². The van der Waals surface area contributed by atoms with E-state index in [0.29, 0.717) is 23.3 Å². The summed E-state index contributed by atoms with van der Waals surface area (Å²) in [6, 6.07) is 7.02. The fraction of sp³-hybridized carbons (Fsp3) is 0.600. The molecule has 0 heterocycles. The molecular formula is C15H24N2O2S. The van der Waals surface area contributed by atoms with E-state index in [-0.39, 0.29) is 0 Å². The van der Waals surface area contributed by atoms with Gasteiger partial charge in [0.2, 0.25) is 10.0 Å². The molecule has 0 saturated heterocycles. The highest BCUT2D eigenvalue weighted by atomic mass is 32.2. The molecule has 0 bridgehead atoms. The zero-order valence-corrected chi connectivity index (χ0v) is 13.3. The first-order valence-electron chi connectivity index (χ1n) is 7.25. The summed E-state index contributed by atoms with van der Waals surface area (Å²) < 4.78 is 26.3.